The Morgan fingerprint density at radius 3 is 1.26 bits per heavy atom. The zero-order chi connectivity index (χ0) is 95.5. The van der Waals surface area contributed by atoms with Crippen LogP contribution in [0.2, 0.25) is 0 Å². The number of halogens is 9. The zero-order valence-electron chi connectivity index (χ0n) is 73.5. The van der Waals surface area contributed by atoms with E-state index >= 15 is 4.39 Å². The van der Waals surface area contributed by atoms with E-state index in [9.17, 15) is 92.7 Å². The number of rotatable bonds is 25. The number of pyridine rings is 2. The van der Waals surface area contributed by atoms with Crippen LogP contribution in [0.25, 0.3) is 44.1 Å². The molecule has 2 saturated carbocycles. The van der Waals surface area contributed by atoms with Gasteiger partial charge in [0.2, 0.25) is 23.6 Å². The van der Waals surface area contributed by atoms with Crippen LogP contribution >= 0.6 is 0 Å². The van der Waals surface area contributed by atoms with Crippen molar-refractivity contribution in [2.45, 2.75) is 151 Å². The minimum Gasteiger partial charge on any atom is -0.478 e. The Labute approximate surface area is 758 Å². The van der Waals surface area contributed by atoms with E-state index in [1.807, 2.05) is 23.9 Å². The van der Waals surface area contributed by atoms with Gasteiger partial charge in [-0.25, -0.2) is 13.6 Å². The number of aromatic nitrogens is 2. The third-order valence-electron chi connectivity index (χ3n) is 25.2. The van der Waals surface area contributed by atoms with Crippen molar-refractivity contribution in [3.63, 3.8) is 0 Å². The minimum absolute atomic E-state index is 0.0146. The molecule has 10 heterocycles. The molecular formula is C93H99F9N18O13. The van der Waals surface area contributed by atoms with Crippen molar-refractivity contribution >= 4 is 116 Å². The summed E-state index contributed by atoms with van der Waals surface area (Å²) in [5, 5.41) is 36.1. The Balaban J connectivity index is 0.000000166. The highest BCUT2D eigenvalue weighted by Gasteiger charge is 2.49. The Hall–Kier alpha value is -13.1. The summed E-state index contributed by atoms with van der Waals surface area (Å²) in [5.74, 6) is -9.37. The molecule has 11 amide bonds. The van der Waals surface area contributed by atoms with Gasteiger partial charge in [-0.2, -0.15) is 26.3 Å². The number of likely N-dealkylation sites (N-methyl/N-ethyl adjacent to an activating group) is 2. The van der Waals surface area contributed by atoms with Gasteiger partial charge in [0.1, 0.15) is 23.7 Å². The second kappa shape index (κ2) is 39.8. The molecule has 133 heavy (non-hydrogen) atoms. The summed E-state index contributed by atoms with van der Waals surface area (Å²) in [6, 6.07) is 18.8. The first-order valence-corrected chi connectivity index (χ1v) is 44.0. The Morgan fingerprint density at radius 1 is 0.489 bits per heavy atom. The number of carbonyl (C=O) groups excluding carboxylic acids is 11. The number of nitrogens with one attached hydrogen (secondary N) is 9. The van der Waals surface area contributed by atoms with Gasteiger partial charge in [-0.05, 0) is 206 Å². The van der Waals surface area contributed by atoms with Crippen molar-refractivity contribution in [3.8, 4) is 22.3 Å². The Bertz CT molecular complexity index is 5980. The molecule has 0 bridgehead atoms. The highest BCUT2D eigenvalue weighted by Crippen LogP contribution is 2.46. The molecule has 8 aromatic rings. The average Bonchev–Trinajstić information content (AvgIpc) is 1.07. The molecule has 6 saturated heterocycles. The molecule has 8 fully saturated rings. The highest BCUT2D eigenvalue weighted by atomic mass is 19.4. The van der Waals surface area contributed by atoms with E-state index in [0.717, 1.165) is 111 Å². The van der Waals surface area contributed by atoms with Crippen LogP contribution < -0.4 is 53.6 Å². The Kier molecular flexibility index (Phi) is 27.9. The fraction of sp³-hybridized carbons (Fsp3) is 0.419. The van der Waals surface area contributed by atoms with Crippen LogP contribution in [0.5, 0.6) is 0 Å². The second-order valence-corrected chi connectivity index (χ2v) is 34.9. The van der Waals surface area contributed by atoms with E-state index in [1.165, 1.54) is 36.7 Å². The van der Waals surface area contributed by atoms with Crippen LogP contribution in [-0.2, 0) is 31.5 Å². The molecule has 31 nitrogen and oxygen atoms in total. The molecule has 10 aliphatic rings. The number of aromatic carboxylic acids is 1. The van der Waals surface area contributed by atoms with E-state index in [2.05, 4.69) is 67.6 Å². The number of nitrogens with zero attached hydrogens (tertiary/aromatic N) is 8. The van der Waals surface area contributed by atoms with E-state index in [4.69, 9.17) is 12.2 Å². The maximum atomic E-state index is 15.7. The lowest BCUT2D eigenvalue weighted by atomic mass is 9.94. The molecule has 2 aliphatic carbocycles. The van der Waals surface area contributed by atoms with Gasteiger partial charge >= 0.3 is 18.3 Å². The lowest BCUT2D eigenvalue weighted by Gasteiger charge is -2.36. The molecule has 6 aromatic carbocycles. The number of carboxylic acids is 1. The first-order valence-electron chi connectivity index (χ1n) is 44.7. The van der Waals surface area contributed by atoms with Crippen molar-refractivity contribution in [2.75, 3.05) is 121 Å². The van der Waals surface area contributed by atoms with Gasteiger partial charge in [-0.1, -0.05) is 24.3 Å². The number of likely N-dealkylation sites (tertiary alicyclic amines) is 4. The number of benzene rings is 6. The molecule has 2 atom stereocenters. The third kappa shape index (κ3) is 21.1. The van der Waals surface area contributed by atoms with Crippen molar-refractivity contribution < 1.29 is 104 Å². The van der Waals surface area contributed by atoms with E-state index in [-0.39, 0.29) is 152 Å². The number of carboxylic acid groups (broad SMARTS) is 1. The lowest BCUT2D eigenvalue weighted by Crippen LogP contribution is -2.57. The predicted molar refractivity (Wildman–Crippen MR) is 472 cm³/mol. The van der Waals surface area contributed by atoms with E-state index in [0.29, 0.717) is 105 Å². The van der Waals surface area contributed by atoms with Gasteiger partial charge in [0, 0.05) is 130 Å². The number of carbonyl (C=O) groups is 12. The number of nitrogens with two attached hydrogens (primary N) is 1. The molecule has 2 aromatic heterocycles. The van der Waals surface area contributed by atoms with Gasteiger partial charge in [0.05, 0.1) is 98.7 Å². The Morgan fingerprint density at radius 2 is 0.887 bits per heavy atom. The predicted octanol–water partition coefficient (Wildman–Crippen LogP) is 10.0. The van der Waals surface area contributed by atoms with Crippen LogP contribution in [-0.4, -0.2) is 264 Å². The molecule has 8 aliphatic heterocycles. The topological polar surface area (TPSA) is 405 Å². The number of fused-ring (bicyclic) bond motifs is 4. The molecule has 40 heteroatoms. The normalized spacial score (nSPS) is 19.5. The minimum atomic E-state index is -4.83. The van der Waals surface area contributed by atoms with Crippen molar-refractivity contribution in [2.24, 2.45) is 5.73 Å². The van der Waals surface area contributed by atoms with Crippen LogP contribution in [0.4, 0.5) is 62.3 Å². The number of anilines is 4. The quantitative estimate of drug-likeness (QED) is 0.0144. The smallest absolute Gasteiger partial charge is 0.417 e. The maximum absolute atomic E-state index is 15.7. The van der Waals surface area contributed by atoms with E-state index < -0.39 is 119 Å². The van der Waals surface area contributed by atoms with Gasteiger partial charge in [-0.3, -0.25) is 87.5 Å². The number of hydrogen-bond acceptors (Lipinski definition) is 23. The van der Waals surface area contributed by atoms with Gasteiger partial charge < -0.3 is 67.7 Å². The first-order chi connectivity index (χ1) is 64.0. The molecule has 702 valence electrons. The SMILES string of the molecule is CN1CC(NC(=O)c2cnc3cc(C(F)(F)F)c(-c4ccc(C(=O)NCCCN5CCC(Nc6cccc7c6C(=O)N(C6CCC(=O)NC6=O)C7=O)CC5)c(F)c4)cc3c2NC2CC2)C1.CN1CC(NC(=O)c2cnc3cc(C(F)(F)F)c(-c4ccc(C(=O)O)c(F)c4)cc3c2NC2CC2)C1.NCCCN1CCC(Nc2cccc3c2C(=O)N(C2CCC(=O)NC2=O)C3=O)CC1.[2H]CF. The second-order valence-electron chi connectivity index (χ2n) is 34.9. The molecule has 18 rings (SSSR count). The summed E-state index contributed by atoms with van der Waals surface area (Å²) in [6.45, 7) is 8.56. The van der Waals surface area contributed by atoms with Crippen LogP contribution in [0.3, 0.4) is 0 Å². The number of alkyl halides is 7. The average molecular weight is 1850 g/mol. The summed E-state index contributed by atoms with van der Waals surface area (Å²) >= 11 is 0. The largest absolute Gasteiger partial charge is 0.478 e. The van der Waals surface area contributed by atoms with Crippen molar-refractivity contribution in [1.29, 1.82) is 0 Å². The lowest BCUT2D eigenvalue weighted by molar-refractivity contribution is -0.137. The van der Waals surface area contributed by atoms with Crippen LogP contribution in [0, 0.1) is 11.6 Å². The number of imide groups is 4. The van der Waals surface area contributed by atoms with Gasteiger partial charge in [0.25, 0.3) is 41.4 Å². The van der Waals surface area contributed by atoms with Gasteiger partial charge in [-0.15, -0.1) is 0 Å². The third-order valence-corrected chi connectivity index (χ3v) is 25.2. The zero-order valence-corrected chi connectivity index (χ0v) is 72.5. The monoisotopic (exact) mass is 1850 g/mol. The number of piperidine rings is 4. The van der Waals surface area contributed by atoms with E-state index in [1.54, 1.807) is 36.4 Å². The first kappa shape index (κ1) is 93.2. The number of hydrogen-bond donors (Lipinski definition) is 11. The highest BCUT2D eigenvalue weighted by molar-refractivity contribution is 6.27. The molecule has 12 N–H and O–H groups in total. The summed E-state index contributed by atoms with van der Waals surface area (Å²) in [7, 11) is 2.85. The fourth-order valence-electron chi connectivity index (χ4n) is 18.0. The molecule has 0 spiro atoms. The van der Waals surface area contributed by atoms with Crippen molar-refractivity contribution in [1.82, 2.24) is 66.0 Å². The number of amides is 11. The maximum Gasteiger partial charge on any atom is 0.417 e. The molecule has 0 radical (unpaired) electrons. The standard InChI is InChI=1S/C46H47F4N9O6.C25H22F4N4O3.C21H27N5O4.CH3F/c1-57-22-27(23-57)55-42(62)32-21-52-36-20-33(46(48,49)50)30(19-31(36)40(32)54-25-7-8-25)24-6-9-28(34(47)18-24)41(61)51-14-3-15-58-16-12-26(13-17-58)53-35-5-2-4-29-39(35)45(65)59(44(29)64)37-10-11-38(60)56-43(37)63;1-33-10-14(11-33)32-23(34)18-9-30-21-8-19(25(27,28)29)16(7-17(21)22(18)31-13-3-4-13)12-2-5-15(24(35)36)20(26)6-12;22-9-2-10-25-11-7-13(8-12-25)23-15-4-1-3-14-18(15)21(30)26(20(14)29)16-5-6-17(27)24-19(16)28;1-2/h2,4-6,9,18-21,25-27,37,53H,3,7-8,10-17,22-23H2,1H3,(H,51,61)(H,52,54)(H,55,62)(H,56,60,63);2,5-9,13-14H,3-4,10-11H2,1H3,(H,30,31)(H,32,34)(H,35,36);1,3-4,13,16,23H,2,5-12,22H2,(H,24,27,28);1H3/i;;;1D. The molecule has 2 unspecified atom stereocenters. The summed E-state index contributed by atoms with van der Waals surface area (Å²) < 4.78 is 131. The van der Waals surface area contributed by atoms with Crippen LogP contribution in [0.15, 0.2) is 109 Å². The van der Waals surface area contributed by atoms with Crippen molar-refractivity contribution in [3.05, 3.63) is 177 Å². The van der Waals surface area contributed by atoms with Crippen LogP contribution in [0.1, 0.15) is 185 Å². The fourth-order valence-corrected chi connectivity index (χ4v) is 18.0. The summed E-state index contributed by atoms with van der Waals surface area (Å²) in [4.78, 5) is 170. The summed E-state index contributed by atoms with van der Waals surface area (Å²) in [6.07, 6.45) is 1.50. The molecular weight excluding hydrogens is 1750 g/mol. The summed E-state index contributed by atoms with van der Waals surface area (Å²) in [5.41, 5.74) is 4.98. The van der Waals surface area contributed by atoms with Gasteiger partial charge in [0.15, 0.2) is 0 Å².